The summed E-state index contributed by atoms with van der Waals surface area (Å²) >= 11 is 0. The lowest BCUT2D eigenvalue weighted by Crippen LogP contribution is -2.11. The quantitative estimate of drug-likeness (QED) is 0.642. The first kappa shape index (κ1) is 15.1. The highest BCUT2D eigenvalue weighted by Crippen LogP contribution is 2.43. The first-order valence-corrected chi connectivity index (χ1v) is 7.56. The van der Waals surface area contributed by atoms with Gasteiger partial charge in [0.1, 0.15) is 5.69 Å². The lowest BCUT2D eigenvalue weighted by molar-refractivity contribution is 0.0119. The largest absolute Gasteiger partial charge is 0.337 e. The van der Waals surface area contributed by atoms with Crippen molar-refractivity contribution < 1.29 is 17.6 Å². The van der Waals surface area contributed by atoms with Gasteiger partial charge in [0.25, 0.3) is 5.92 Å². The van der Waals surface area contributed by atoms with E-state index in [0.29, 0.717) is 22.2 Å². The molecule has 2 heterocycles. The lowest BCUT2D eigenvalue weighted by atomic mass is 10.1. The van der Waals surface area contributed by atoms with E-state index in [1.807, 2.05) is 4.57 Å². The zero-order chi connectivity index (χ0) is 17.1. The molecule has 0 bridgehead atoms. The molecule has 0 spiro atoms. The van der Waals surface area contributed by atoms with Crippen LogP contribution in [0.5, 0.6) is 0 Å². The maximum atomic E-state index is 13.6. The smallest absolute Gasteiger partial charge is 0.288 e. The summed E-state index contributed by atoms with van der Waals surface area (Å²) in [5, 5.41) is 7.67. The van der Waals surface area contributed by atoms with Gasteiger partial charge in [0, 0.05) is 30.0 Å². The minimum absolute atomic E-state index is 0.154. The highest BCUT2D eigenvalue weighted by atomic mass is 19.3. The fourth-order valence-corrected chi connectivity index (χ4v) is 2.89. The third kappa shape index (κ3) is 2.44. The molecule has 0 saturated heterocycles. The van der Waals surface area contributed by atoms with E-state index >= 15 is 0 Å². The van der Waals surface area contributed by atoms with Gasteiger partial charge in [-0.1, -0.05) is 0 Å². The van der Waals surface area contributed by atoms with Crippen molar-refractivity contribution in [1.82, 2.24) is 14.8 Å². The van der Waals surface area contributed by atoms with Crippen molar-refractivity contribution in [3.63, 3.8) is 0 Å². The fourth-order valence-electron chi connectivity index (χ4n) is 2.89. The van der Waals surface area contributed by atoms with Crippen LogP contribution in [0.25, 0.3) is 22.2 Å². The molecule has 0 radical (unpaired) electrons. The molecule has 7 heteroatoms. The predicted molar refractivity (Wildman–Crippen MR) is 80.7 cm³/mol. The van der Waals surface area contributed by atoms with Crippen LogP contribution >= 0.6 is 0 Å². The van der Waals surface area contributed by atoms with Crippen LogP contribution in [-0.4, -0.2) is 14.8 Å². The third-order valence-electron chi connectivity index (χ3n) is 4.19. The van der Waals surface area contributed by atoms with E-state index in [-0.39, 0.29) is 6.04 Å². The summed E-state index contributed by atoms with van der Waals surface area (Å²) in [4.78, 5) is 0. The zero-order valence-corrected chi connectivity index (χ0v) is 12.7. The van der Waals surface area contributed by atoms with E-state index in [4.69, 9.17) is 0 Å². The molecule has 1 aliphatic rings. The standard InChI is InChI=1S/C17H13F4N3/c1-17(20,21)16-6-10(8-22-23-16)14-5-9-4-12(18)13(19)7-15(9)24(14)11-2-3-11/h4-8,11H,2-3H2,1H3. The summed E-state index contributed by atoms with van der Waals surface area (Å²) in [6.45, 7) is 0.752. The Morgan fingerprint density at radius 1 is 1.08 bits per heavy atom. The molecule has 0 N–H and O–H groups in total. The van der Waals surface area contributed by atoms with Crippen LogP contribution in [0.15, 0.2) is 30.5 Å². The van der Waals surface area contributed by atoms with Gasteiger partial charge in [-0.2, -0.15) is 13.9 Å². The van der Waals surface area contributed by atoms with Crippen molar-refractivity contribution in [2.24, 2.45) is 0 Å². The van der Waals surface area contributed by atoms with Crippen molar-refractivity contribution >= 4 is 10.9 Å². The Bertz CT molecular complexity index is 939. The molecule has 0 unspecified atom stereocenters. The van der Waals surface area contributed by atoms with Crippen LogP contribution in [0.3, 0.4) is 0 Å². The molecule has 24 heavy (non-hydrogen) atoms. The number of alkyl halides is 2. The number of rotatable bonds is 3. The first-order valence-electron chi connectivity index (χ1n) is 7.56. The summed E-state index contributed by atoms with van der Waals surface area (Å²) in [5.41, 5.74) is 1.17. The van der Waals surface area contributed by atoms with E-state index in [1.54, 1.807) is 6.07 Å². The van der Waals surface area contributed by atoms with Gasteiger partial charge in [-0.3, -0.25) is 0 Å². The van der Waals surface area contributed by atoms with Crippen LogP contribution in [0.2, 0.25) is 0 Å². The Morgan fingerprint density at radius 2 is 1.79 bits per heavy atom. The Kier molecular flexibility index (Phi) is 3.16. The van der Waals surface area contributed by atoms with E-state index < -0.39 is 23.3 Å². The molecule has 3 aromatic rings. The van der Waals surface area contributed by atoms with Crippen LogP contribution in [0.1, 0.15) is 31.5 Å². The summed E-state index contributed by atoms with van der Waals surface area (Å²) in [5.74, 6) is -4.98. The Balaban J connectivity index is 1.95. The zero-order valence-electron chi connectivity index (χ0n) is 12.7. The fraction of sp³-hybridized carbons (Fsp3) is 0.294. The van der Waals surface area contributed by atoms with Gasteiger partial charge in [-0.15, -0.1) is 5.10 Å². The molecule has 1 aromatic carbocycles. The Morgan fingerprint density at radius 3 is 2.46 bits per heavy atom. The van der Waals surface area contributed by atoms with E-state index in [2.05, 4.69) is 10.2 Å². The highest BCUT2D eigenvalue weighted by Gasteiger charge is 2.30. The highest BCUT2D eigenvalue weighted by molar-refractivity contribution is 5.87. The van der Waals surface area contributed by atoms with Crippen LogP contribution in [-0.2, 0) is 5.92 Å². The third-order valence-corrected chi connectivity index (χ3v) is 4.19. The second-order valence-corrected chi connectivity index (χ2v) is 6.17. The van der Waals surface area contributed by atoms with Gasteiger partial charge >= 0.3 is 0 Å². The van der Waals surface area contributed by atoms with Gasteiger partial charge in [0.2, 0.25) is 0 Å². The molecule has 1 fully saturated rings. The van der Waals surface area contributed by atoms with Crippen LogP contribution in [0.4, 0.5) is 17.6 Å². The second-order valence-electron chi connectivity index (χ2n) is 6.17. The minimum atomic E-state index is -3.11. The Labute approximate surface area is 134 Å². The molecule has 1 aliphatic carbocycles. The molecule has 0 amide bonds. The van der Waals surface area contributed by atoms with Gasteiger partial charge in [-0.05, 0) is 31.0 Å². The van der Waals surface area contributed by atoms with E-state index in [0.717, 1.165) is 31.9 Å². The second kappa shape index (κ2) is 5.03. The molecular formula is C17H13F4N3. The number of nitrogens with zero attached hydrogens (tertiary/aromatic N) is 3. The summed E-state index contributed by atoms with van der Waals surface area (Å²) < 4.78 is 56.1. The van der Waals surface area contributed by atoms with Gasteiger partial charge in [-0.25, -0.2) is 8.78 Å². The monoisotopic (exact) mass is 335 g/mol. The van der Waals surface area contributed by atoms with Gasteiger partial charge in [0.15, 0.2) is 11.6 Å². The van der Waals surface area contributed by atoms with Gasteiger partial charge in [0.05, 0.1) is 17.4 Å². The average Bonchev–Trinajstić information content (AvgIpc) is 3.30. The molecular weight excluding hydrogens is 322 g/mol. The normalized spacial score (nSPS) is 15.2. The summed E-state index contributed by atoms with van der Waals surface area (Å²) in [6, 6.07) is 5.37. The molecule has 0 aliphatic heterocycles. The maximum Gasteiger partial charge on any atom is 0.288 e. The van der Waals surface area contributed by atoms with E-state index in [1.165, 1.54) is 12.3 Å². The van der Waals surface area contributed by atoms with Crippen molar-refractivity contribution in [3.05, 3.63) is 47.8 Å². The molecule has 124 valence electrons. The molecule has 0 atom stereocenters. The van der Waals surface area contributed by atoms with Crippen LogP contribution in [0, 0.1) is 11.6 Å². The predicted octanol–water partition coefficient (Wildman–Crippen LogP) is 4.82. The number of halogens is 4. The first-order chi connectivity index (χ1) is 11.3. The molecule has 4 rings (SSSR count). The Hall–Kier alpha value is -2.44. The number of hydrogen-bond acceptors (Lipinski definition) is 2. The molecule has 3 nitrogen and oxygen atoms in total. The number of hydrogen-bond donors (Lipinski definition) is 0. The van der Waals surface area contributed by atoms with Crippen molar-refractivity contribution in [2.45, 2.75) is 31.7 Å². The van der Waals surface area contributed by atoms with Gasteiger partial charge < -0.3 is 4.57 Å². The number of fused-ring (bicyclic) bond motifs is 1. The van der Waals surface area contributed by atoms with E-state index in [9.17, 15) is 17.6 Å². The SMILES string of the molecule is CC(F)(F)c1cc(-c2cc3cc(F)c(F)cc3n2C2CC2)cnn1. The van der Waals surface area contributed by atoms with Crippen molar-refractivity contribution in [1.29, 1.82) is 0 Å². The summed E-state index contributed by atoms with van der Waals surface area (Å²) in [7, 11) is 0. The summed E-state index contributed by atoms with van der Waals surface area (Å²) in [6.07, 6.45) is 3.20. The lowest BCUT2D eigenvalue weighted by Gasteiger charge is -2.12. The number of aromatic nitrogens is 3. The van der Waals surface area contributed by atoms with Crippen LogP contribution < -0.4 is 0 Å². The molecule has 2 aromatic heterocycles. The van der Waals surface area contributed by atoms with Crippen molar-refractivity contribution in [2.75, 3.05) is 0 Å². The topological polar surface area (TPSA) is 30.7 Å². The average molecular weight is 335 g/mol. The molecule has 1 saturated carbocycles. The maximum absolute atomic E-state index is 13.6. The number of benzene rings is 1. The minimum Gasteiger partial charge on any atom is -0.337 e. The van der Waals surface area contributed by atoms with Crippen molar-refractivity contribution in [3.8, 4) is 11.3 Å².